The maximum absolute atomic E-state index is 15.0. The number of nitrogens with zero attached hydrogens (tertiary/aromatic N) is 2. The highest BCUT2D eigenvalue weighted by Crippen LogP contribution is 2.46. The van der Waals surface area contributed by atoms with Gasteiger partial charge in [0.15, 0.2) is 0 Å². The Morgan fingerprint density at radius 3 is 2.65 bits per heavy atom. The van der Waals surface area contributed by atoms with Crippen LogP contribution in [0.4, 0.5) is 19.3 Å². The molecule has 34 heavy (non-hydrogen) atoms. The van der Waals surface area contributed by atoms with Gasteiger partial charge >= 0.3 is 6.09 Å². The topological polar surface area (TPSA) is 72.9 Å². The first-order valence-corrected chi connectivity index (χ1v) is 11.4. The molecule has 2 aromatic rings. The van der Waals surface area contributed by atoms with Crippen molar-refractivity contribution >= 4 is 11.8 Å². The van der Waals surface area contributed by atoms with Crippen LogP contribution in [0, 0.1) is 11.7 Å². The molecule has 4 rings (SSSR count). The Labute approximate surface area is 198 Å². The summed E-state index contributed by atoms with van der Waals surface area (Å²) in [4.78, 5) is 17.5. The Balaban J connectivity index is 1.34. The van der Waals surface area contributed by atoms with E-state index in [1.54, 1.807) is 6.07 Å². The number of alkyl carbamates (subject to hydrolysis) is 1. The highest BCUT2D eigenvalue weighted by Gasteiger charge is 2.51. The van der Waals surface area contributed by atoms with Crippen LogP contribution >= 0.6 is 0 Å². The number of halogens is 2. The summed E-state index contributed by atoms with van der Waals surface area (Å²) in [5.41, 5.74) is -0.513. The number of ether oxygens (including phenoxy) is 3. The average Bonchev–Trinajstić information content (AvgIpc) is 3.16. The molecular formula is C25H31F2N3O4. The number of carbonyl (C=O) groups is 1. The smallest absolute Gasteiger partial charge is 0.407 e. The maximum atomic E-state index is 15.0. The second kappa shape index (κ2) is 9.27. The van der Waals surface area contributed by atoms with E-state index in [2.05, 4.69) is 15.0 Å². The van der Waals surface area contributed by atoms with E-state index >= 15 is 4.39 Å². The molecule has 1 N–H and O–H groups in total. The van der Waals surface area contributed by atoms with Crippen molar-refractivity contribution in [1.82, 2.24) is 10.3 Å². The van der Waals surface area contributed by atoms with Gasteiger partial charge in [-0.1, -0.05) is 12.1 Å². The maximum Gasteiger partial charge on any atom is 0.407 e. The molecule has 0 spiro atoms. The number of aromatic nitrogens is 1. The lowest BCUT2D eigenvalue weighted by atomic mass is 9.94. The van der Waals surface area contributed by atoms with E-state index in [4.69, 9.17) is 9.47 Å². The Morgan fingerprint density at radius 2 is 2.00 bits per heavy atom. The van der Waals surface area contributed by atoms with Crippen LogP contribution in [0.5, 0.6) is 11.6 Å². The highest BCUT2D eigenvalue weighted by atomic mass is 19.1. The minimum atomic E-state index is -1.22. The third kappa shape index (κ3) is 5.34. The van der Waals surface area contributed by atoms with Gasteiger partial charge < -0.3 is 24.4 Å². The van der Waals surface area contributed by atoms with Gasteiger partial charge in [0.2, 0.25) is 5.82 Å². The molecule has 1 aromatic carbocycles. The minimum Gasteiger partial charge on any atom is -0.489 e. The zero-order valence-corrected chi connectivity index (χ0v) is 19.9. The molecule has 3 unspecified atom stereocenters. The zero-order valence-electron chi connectivity index (χ0n) is 19.9. The SMILES string of the molecule is COC(=O)NC(C)(C)c1ccc(OC2CCN(c3ccnc(OCC4CC4(C)F)c3F)C2)cc1. The van der Waals surface area contributed by atoms with Crippen molar-refractivity contribution in [2.45, 2.75) is 50.9 Å². The van der Waals surface area contributed by atoms with Crippen LogP contribution < -0.4 is 19.7 Å². The van der Waals surface area contributed by atoms with Gasteiger partial charge in [0.1, 0.15) is 17.5 Å². The number of amides is 1. The molecule has 9 heteroatoms. The predicted molar refractivity (Wildman–Crippen MR) is 124 cm³/mol. The molecular weight excluding hydrogens is 444 g/mol. The first-order valence-electron chi connectivity index (χ1n) is 11.4. The Kier molecular flexibility index (Phi) is 6.55. The second-order valence-corrected chi connectivity index (χ2v) is 9.68. The van der Waals surface area contributed by atoms with Crippen LogP contribution in [-0.4, -0.2) is 49.7 Å². The van der Waals surface area contributed by atoms with E-state index in [1.165, 1.54) is 20.2 Å². The van der Waals surface area contributed by atoms with E-state index in [1.807, 2.05) is 43.0 Å². The van der Waals surface area contributed by atoms with Crippen molar-refractivity contribution in [2.24, 2.45) is 5.92 Å². The van der Waals surface area contributed by atoms with E-state index in [-0.39, 0.29) is 24.5 Å². The molecule has 1 aliphatic heterocycles. The number of alkyl halides is 1. The van der Waals surface area contributed by atoms with Gasteiger partial charge in [0.05, 0.1) is 31.5 Å². The fourth-order valence-electron chi connectivity index (χ4n) is 4.16. The number of nitrogens with one attached hydrogen (secondary N) is 1. The summed E-state index contributed by atoms with van der Waals surface area (Å²) in [6.07, 6.45) is 2.06. The number of pyridine rings is 1. The summed E-state index contributed by atoms with van der Waals surface area (Å²) >= 11 is 0. The number of benzene rings is 1. The van der Waals surface area contributed by atoms with Crippen LogP contribution in [0.15, 0.2) is 36.5 Å². The van der Waals surface area contributed by atoms with Crippen LogP contribution in [0.3, 0.4) is 0 Å². The molecule has 2 aliphatic rings. The van der Waals surface area contributed by atoms with Crippen LogP contribution in [-0.2, 0) is 10.3 Å². The summed E-state index contributed by atoms with van der Waals surface area (Å²) in [6.45, 7) is 6.56. The number of rotatable bonds is 8. The summed E-state index contributed by atoms with van der Waals surface area (Å²) in [6, 6.07) is 9.12. The monoisotopic (exact) mass is 475 g/mol. The number of hydrogen-bond donors (Lipinski definition) is 1. The van der Waals surface area contributed by atoms with Gasteiger partial charge in [-0.05, 0) is 51.0 Å². The first kappa shape index (κ1) is 24.0. The van der Waals surface area contributed by atoms with Crippen molar-refractivity contribution < 1.29 is 27.8 Å². The molecule has 0 radical (unpaired) electrons. The lowest BCUT2D eigenvalue weighted by Gasteiger charge is -2.26. The van der Waals surface area contributed by atoms with Gasteiger partial charge in [0.25, 0.3) is 5.88 Å². The fraction of sp³-hybridized carbons (Fsp3) is 0.520. The van der Waals surface area contributed by atoms with E-state index in [0.29, 0.717) is 30.9 Å². The summed E-state index contributed by atoms with van der Waals surface area (Å²) in [5, 5.41) is 2.79. The van der Waals surface area contributed by atoms with Crippen molar-refractivity contribution in [3.63, 3.8) is 0 Å². The Morgan fingerprint density at radius 1 is 1.29 bits per heavy atom. The number of hydrogen-bond acceptors (Lipinski definition) is 6. The second-order valence-electron chi connectivity index (χ2n) is 9.68. The van der Waals surface area contributed by atoms with Crippen molar-refractivity contribution in [1.29, 1.82) is 0 Å². The molecule has 184 valence electrons. The molecule has 0 bridgehead atoms. The van der Waals surface area contributed by atoms with Gasteiger partial charge in [-0.3, -0.25) is 0 Å². The third-order valence-corrected chi connectivity index (χ3v) is 6.56. The summed E-state index contributed by atoms with van der Waals surface area (Å²) < 4.78 is 45.0. The molecule has 3 atom stereocenters. The zero-order chi connectivity index (χ0) is 24.5. The number of anilines is 1. The van der Waals surface area contributed by atoms with E-state index < -0.39 is 23.1 Å². The molecule has 1 amide bonds. The first-order chi connectivity index (χ1) is 16.1. The fourth-order valence-corrected chi connectivity index (χ4v) is 4.16. The summed E-state index contributed by atoms with van der Waals surface area (Å²) in [7, 11) is 1.33. The predicted octanol–water partition coefficient (Wildman–Crippen LogP) is 4.60. The van der Waals surface area contributed by atoms with E-state index in [0.717, 1.165) is 12.0 Å². The average molecular weight is 476 g/mol. The Hall–Kier alpha value is -3.10. The quantitative estimate of drug-likeness (QED) is 0.602. The lowest BCUT2D eigenvalue weighted by Crippen LogP contribution is -2.40. The Bertz CT molecular complexity index is 1030. The molecule has 1 saturated heterocycles. The molecule has 1 saturated carbocycles. The number of methoxy groups -OCH3 is 1. The van der Waals surface area contributed by atoms with Gasteiger partial charge in [-0.25, -0.2) is 14.2 Å². The standard InChI is InChI=1S/C25H31F2N3O4/c1-24(2,29-23(31)32-4)16-5-7-18(8-6-16)34-19-10-12-30(14-19)20-9-11-28-22(21(20)26)33-15-17-13-25(17,3)27/h5-9,11,17,19H,10,12-15H2,1-4H3,(H,29,31). The molecule has 7 nitrogen and oxygen atoms in total. The summed E-state index contributed by atoms with van der Waals surface area (Å²) in [5.74, 6) is -0.144. The third-order valence-electron chi connectivity index (χ3n) is 6.56. The lowest BCUT2D eigenvalue weighted by molar-refractivity contribution is 0.159. The largest absolute Gasteiger partial charge is 0.489 e. The van der Waals surface area contributed by atoms with Crippen molar-refractivity contribution in [2.75, 3.05) is 31.7 Å². The van der Waals surface area contributed by atoms with Crippen molar-refractivity contribution in [3.05, 3.63) is 47.9 Å². The van der Waals surface area contributed by atoms with E-state index in [9.17, 15) is 9.18 Å². The normalized spacial score (nSPS) is 24.0. The van der Waals surface area contributed by atoms with Crippen LogP contribution in [0.25, 0.3) is 0 Å². The van der Waals surface area contributed by atoms with Gasteiger partial charge in [-0.2, -0.15) is 4.39 Å². The minimum absolute atomic E-state index is 0.0941. The molecule has 2 heterocycles. The van der Waals surface area contributed by atoms with Crippen LogP contribution in [0.1, 0.15) is 39.2 Å². The molecule has 2 fully saturated rings. The van der Waals surface area contributed by atoms with Gasteiger partial charge in [0, 0.05) is 25.1 Å². The van der Waals surface area contributed by atoms with Crippen molar-refractivity contribution in [3.8, 4) is 11.6 Å². The highest BCUT2D eigenvalue weighted by molar-refractivity contribution is 5.68. The molecule has 1 aliphatic carbocycles. The molecule has 1 aromatic heterocycles. The van der Waals surface area contributed by atoms with Crippen LogP contribution in [0.2, 0.25) is 0 Å². The van der Waals surface area contributed by atoms with Gasteiger partial charge in [-0.15, -0.1) is 0 Å². The number of carbonyl (C=O) groups excluding carboxylic acids is 1.